The van der Waals surface area contributed by atoms with E-state index in [0.717, 1.165) is 0 Å². The van der Waals surface area contributed by atoms with Gasteiger partial charge in [0, 0.05) is 27.1 Å². The number of hydrogen-bond acceptors (Lipinski definition) is 6. The van der Waals surface area contributed by atoms with E-state index in [4.69, 9.17) is 0 Å². The quantitative estimate of drug-likeness (QED) is 0.741. The van der Waals surface area contributed by atoms with Gasteiger partial charge in [0.1, 0.15) is 0 Å². The molecule has 0 radical (unpaired) electrons. The van der Waals surface area contributed by atoms with Crippen molar-refractivity contribution in [1.29, 1.82) is 0 Å². The van der Waals surface area contributed by atoms with Crippen molar-refractivity contribution in [1.82, 2.24) is 19.5 Å². The van der Waals surface area contributed by atoms with E-state index in [-0.39, 0.29) is 24.4 Å². The van der Waals surface area contributed by atoms with Crippen molar-refractivity contribution in [3.63, 3.8) is 0 Å². The van der Waals surface area contributed by atoms with Crippen LogP contribution in [0.15, 0.2) is 35.4 Å². The molecule has 0 spiro atoms. The molecule has 2 aromatic heterocycles. The van der Waals surface area contributed by atoms with Gasteiger partial charge in [0.05, 0.1) is 34.3 Å². The summed E-state index contributed by atoms with van der Waals surface area (Å²) in [6.45, 7) is 3.90. The van der Waals surface area contributed by atoms with Crippen molar-refractivity contribution in [2.45, 2.75) is 26.8 Å². The van der Waals surface area contributed by atoms with Gasteiger partial charge in [-0.25, -0.2) is 15.0 Å². The van der Waals surface area contributed by atoms with E-state index in [2.05, 4.69) is 20.3 Å². The number of para-hydroxylation sites is 1. The van der Waals surface area contributed by atoms with Crippen LogP contribution in [-0.2, 0) is 11.3 Å². The van der Waals surface area contributed by atoms with Crippen LogP contribution < -0.4 is 15.8 Å². The molecule has 2 heterocycles. The van der Waals surface area contributed by atoms with Gasteiger partial charge >= 0.3 is 0 Å². The molecule has 0 bridgehead atoms. The molecule has 140 valence electrons. The highest BCUT2D eigenvalue weighted by molar-refractivity contribution is 5.91. The van der Waals surface area contributed by atoms with E-state index in [1.54, 1.807) is 18.2 Å². The number of rotatable bonds is 5. The van der Waals surface area contributed by atoms with E-state index < -0.39 is 0 Å². The zero-order valence-electron chi connectivity index (χ0n) is 15.9. The first-order chi connectivity index (χ1) is 12.9. The van der Waals surface area contributed by atoms with Crippen LogP contribution in [0.2, 0.25) is 0 Å². The summed E-state index contributed by atoms with van der Waals surface area (Å²) in [4.78, 5) is 39.7. The lowest BCUT2D eigenvalue weighted by atomic mass is 10.2. The van der Waals surface area contributed by atoms with E-state index in [9.17, 15) is 9.59 Å². The smallest absolute Gasteiger partial charge is 0.261 e. The minimum Gasteiger partial charge on any atom is -0.347 e. The van der Waals surface area contributed by atoms with Gasteiger partial charge in [0.15, 0.2) is 0 Å². The number of carbonyl (C=O) groups excluding carboxylic acids is 1. The van der Waals surface area contributed by atoms with Crippen LogP contribution in [0.4, 0.5) is 11.6 Å². The molecule has 0 saturated carbocycles. The first kappa shape index (κ1) is 18.5. The average Bonchev–Trinajstić information content (AvgIpc) is 2.64. The van der Waals surface area contributed by atoms with Crippen molar-refractivity contribution in [3.05, 3.63) is 52.3 Å². The molecule has 0 unspecified atom stereocenters. The van der Waals surface area contributed by atoms with Gasteiger partial charge in [-0.1, -0.05) is 12.1 Å². The third kappa shape index (κ3) is 3.94. The average molecular weight is 366 g/mol. The molecule has 8 nitrogen and oxygen atoms in total. The molecule has 0 fully saturated rings. The highest BCUT2D eigenvalue weighted by atomic mass is 16.2. The van der Waals surface area contributed by atoms with Crippen LogP contribution in [-0.4, -0.2) is 39.5 Å². The number of nitrogens with zero attached hydrogens (tertiary/aromatic N) is 5. The Balaban J connectivity index is 1.72. The van der Waals surface area contributed by atoms with Crippen LogP contribution in [0, 0.1) is 13.8 Å². The summed E-state index contributed by atoms with van der Waals surface area (Å²) in [7, 11) is 3.73. The molecule has 27 heavy (non-hydrogen) atoms. The van der Waals surface area contributed by atoms with Gasteiger partial charge in [-0.2, -0.15) is 0 Å². The van der Waals surface area contributed by atoms with Crippen LogP contribution >= 0.6 is 0 Å². The molecule has 1 amide bonds. The molecule has 0 aliphatic heterocycles. The Labute approximate surface area is 156 Å². The summed E-state index contributed by atoms with van der Waals surface area (Å²) in [5.41, 5.74) is 2.50. The summed E-state index contributed by atoms with van der Waals surface area (Å²) in [6.07, 6.45) is 1.62. The van der Waals surface area contributed by atoms with Crippen LogP contribution in [0.1, 0.15) is 17.8 Å². The number of anilines is 2. The summed E-state index contributed by atoms with van der Waals surface area (Å²) in [5, 5.41) is 3.39. The third-order valence-electron chi connectivity index (χ3n) is 4.23. The third-order valence-corrected chi connectivity index (χ3v) is 4.23. The Morgan fingerprint density at radius 1 is 1.15 bits per heavy atom. The Kier molecular flexibility index (Phi) is 5.16. The maximum atomic E-state index is 12.5. The highest BCUT2D eigenvalue weighted by Crippen LogP contribution is 2.19. The molecule has 0 aliphatic carbocycles. The Morgan fingerprint density at radius 3 is 2.48 bits per heavy atom. The first-order valence-corrected chi connectivity index (χ1v) is 8.63. The van der Waals surface area contributed by atoms with E-state index in [1.807, 2.05) is 38.9 Å². The fourth-order valence-electron chi connectivity index (χ4n) is 2.77. The first-order valence-electron chi connectivity index (χ1n) is 8.63. The molecule has 8 heteroatoms. The monoisotopic (exact) mass is 366 g/mol. The zero-order valence-corrected chi connectivity index (χ0v) is 15.9. The molecular weight excluding hydrogens is 344 g/mol. The van der Waals surface area contributed by atoms with Gasteiger partial charge in [-0.05, 0) is 26.0 Å². The van der Waals surface area contributed by atoms with Gasteiger partial charge < -0.3 is 10.2 Å². The number of amides is 1. The largest absolute Gasteiger partial charge is 0.347 e. The number of fused-ring (bicyclic) bond motifs is 1. The Hall–Kier alpha value is -3.29. The van der Waals surface area contributed by atoms with Crippen LogP contribution in [0.25, 0.3) is 10.9 Å². The fourth-order valence-corrected chi connectivity index (χ4v) is 2.77. The number of aromatic nitrogens is 4. The lowest BCUT2D eigenvalue weighted by Crippen LogP contribution is -2.24. The van der Waals surface area contributed by atoms with Gasteiger partial charge in [-0.15, -0.1) is 0 Å². The second kappa shape index (κ2) is 7.53. The topological polar surface area (TPSA) is 93.0 Å². The molecule has 0 aliphatic rings. The standard InChI is InChI=1S/C19H22N6O2/c1-12-17(13(2)22-19(21-12)24(3)4)23-16(26)9-10-25-11-20-15-8-6-5-7-14(15)18(25)27/h5-8,11H,9-10H2,1-4H3,(H,23,26). The van der Waals surface area contributed by atoms with Gasteiger partial charge in [0.25, 0.3) is 5.56 Å². The zero-order chi connectivity index (χ0) is 19.6. The normalized spacial score (nSPS) is 10.8. The number of carbonyl (C=O) groups is 1. The fraction of sp³-hybridized carbons (Fsp3) is 0.316. The summed E-state index contributed by atoms with van der Waals surface area (Å²) < 4.78 is 1.45. The van der Waals surface area contributed by atoms with Gasteiger partial charge in [-0.3, -0.25) is 14.2 Å². The summed E-state index contributed by atoms with van der Waals surface area (Å²) >= 11 is 0. The van der Waals surface area contributed by atoms with Gasteiger partial charge in [0.2, 0.25) is 11.9 Å². The number of benzene rings is 1. The molecule has 0 atom stereocenters. The van der Waals surface area contributed by atoms with E-state index in [0.29, 0.717) is 33.9 Å². The van der Waals surface area contributed by atoms with Crippen molar-refractivity contribution in [3.8, 4) is 0 Å². The Bertz CT molecular complexity index is 1030. The highest BCUT2D eigenvalue weighted by Gasteiger charge is 2.13. The SMILES string of the molecule is Cc1nc(N(C)C)nc(C)c1NC(=O)CCn1cnc2ccccc2c1=O. The number of hydrogen-bond donors (Lipinski definition) is 1. The molecule has 1 N–H and O–H groups in total. The maximum Gasteiger partial charge on any atom is 0.261 e. The van der Waals surface area contributed by atoms with E-state index in [1.165, 1.54) is 10.9 Å². The predicted molar refractivity (Wildman–Crippen MR) is 105 cm³/mol. The minimum absolute atomic E-state index is 0.147. The Morgan fingerprint density at radius 2 is 1.81 bits per heavy atom. The second-order valence-electron chi connectivity index (χ2n) is 6.52. The molecule has 3 aromatic rings. The molecular formula is C19H22N6O2. The lowest BCUT2D eigenvalue weighted by molar-refractivity contribution is -0.116. The van der Waals surface area contributed by atoms with Crippen molar-refractivity contribution >= 4 is 28.4 Å². The molecule has 0 saturated heterocycles. The second-order valence-corrected chi connectivity index (χ2v) is 6.52. The van der Waals surface area contributed by atoms with Crippen LogP contribution in [0.5, 0.6) is 0 Å². The molecule has 1 aromatic carbocycles. The minimum atomic E-state index is -0.206. The van der Waals surface area contributed by atoms with Crippen molar-refractivity contribution in [2.75, 3.05) is 24.3 Å². The van der Waals surface area contributed by atoms with E-state index >= 15 is 0 Å². The number of aryl methyl sites for hydroxylation is 3. The van der Waals surface area contributed by atoms with Crippen molar-refractivity contribution < 1.29 is 4.79 Å². The maximum absolute atomic E-state index is 12.5. The lowest BCUT2D eigenvalue weighted by Gasteiger charge is -2.15. The molecule has 3 rings (SSSR count). The summed E-state index contributed by atoms with van der Waals surface area (Å²) in [5.74, 6) is 0.388. The number of nitrogens with one attached hydrogen (secondary N) is 1. The predicted octanol–water partition coefficient (Wildman–Crippen LogP) is 1.90. The summed E-state index contributed by atoms with van der Waals surface area (Å²) in [6, 6.07) is 7.15. The van der Waals surface area contributed by atoms with Crippen molar-refractivity contribution in [2.24, 2.45) is 0 Å². The van der Waals surface area contributed by atoms with Crippen LogP contribution in [0.3, 0.4) is 0 Å².